The van der Waals surface area contributed by atoms with Gasteiger partial charge in [-0.3, -0.25) is 9.48 Å². The van der Waals surface area contributed by atoms with E-state index < -0.39 is 0 Å². The molecule has 29 heavy (non-hydrogen) atoms. The van der Waals surface area contributed by atoms with Crippen molar-refractivity contribution in [2.45, 2.75) is 45.2 Å². The van der Waals surface area contributed by atoms with Crippen LogP contribution in [0.25, 0.3) is 11.3 Å². The quantitative estimate of drug-likeness (QED) is 0.650. The number of rotatable bonds is 6. The second-order valence-electron chi connectivity index (χ2n) is 7.39. The van der Waals surface area contributed by atoms with Gasteiger partial charge in [0.25, 0.3) is 5.91 Å². The third-order valence-electron chi connectivity index (χ3n) is 5.35. The Bertz CT molecular complexity index is 1030. The summed E-state index contributed by atoms with van der Waals surface area (Å²) in [6.07, 6.45) is 5.30. The van der Waals surface area contributed by atoms with Gasteiger partial charge in [0.05, 0.1) is 16.8 Å². The molecule has 0 fully saturated rings. The lowest BCUT2D eigenvalue weighted by molar-refractivity contribution is 0.0942. The third kappa shape index (κ3) is 4.11. The van der Waals surface area contributed by atoms with Crippen molar-refractivity contribution in [2.24, 2.45) is 5.73 Å². The van der Waals surface area contributed by atoms with Crippen LogP contribution in [0.4, 0.5) is 4.39 Å². The van der Waals surface area contributed by atoms with Gasteiger partial charge in [0.2, 0.25) is 0 Å². The lowest BCUT2D eigenvalue weighted by atomic mass is 10.0. The highest BCUT2D eigenvalue weighted by atomic mass is 32.1. The van der Waals surface area contributed by atoms with E-state index in [1.807, 2.05) is 18.3 Å². The maximum Gasteiger partial charge on any atom is 0.261 e. The van der Waals surface area contributed by atoms with Gasteiger partial charge in [-0.05, 0) is 55.0 Å². The first-order valence-corrected chi connectivity index (χ1v) is 10.8. The lowest BCUT2D eigenvalue weighted by Crippen LogP contribution is -2.41. The SMILES string of the molecule is CCc1cnn2c1-c1cc(C(=O)NC(CN)Cc3cccc(F)c3)sc1CCC2. The molecule has 0 bridgehead atoms. The van der Waals surface area contributed by atoms with Gasteiger partial charge >= 0.3 is 0 Å². The van der Waals surface area contributed by atoms with Crippen LogP contribution in [-0.4, -0.2) is 28.3 Å². The van der Waals surface area contributed by atoms with Crippen LogP contribution >= 0.6 is 11.3 Å². The van der Waals surface area contributed by atoms with Gasteiger partial charge in [-0.25, -0.2) is 4.39 Å². The van der Waals surface area contributed by atoms with Crippen molar-refractivity contribution in [2.75, 3.05) is 6.54 Å². The molecule has 1 aromatic carbocycles. The normalized spacial score (nSPS) is 14.0. The van der Waals surface area contributed by atoms with Gasteiger partial charge in [0.15, 0.2) is 0 Å². The molecule has 1 amide bonds. The van der Waals surface area contributed by atoms with E-state index in [-0.39, 0.29) is 17.8 Å². The van der Waals surface area contributed by atoms with Crippen molar-refractivity contribution < 1.29 is 9.18 Å². The molecule has 3 heterocycles. The summed E-state index contributed by atoms with van der Waals surface area (Å²) < 4.78 is 15.5. The topological polar surface area (TPSA) is 72.9 Å². The van der Waals surface area contributed by atoms with Crippen molar-refractivity contribution >= 4 is 17.2 Å². The number of halogens is 1. The molecule has 0 saturated carbocycles. The molecule has 0 spiro atoms. The van der Waals surface area contributed by atoms with E-state index in [1.54, 1.807) is 17.4 Å². The fraction of sp³-hybridized carbons (Fsp3) is 0.364. The Kier molecular flexibility index (Phi) is 5.78. The van der Waals surface area contributed by atoms with E-state index in [1.165, 1.54) is 22.6 Å². The minimum Gasteiger partial charge on any atom is -0.347 e. The summed E-state index contributed by atoms with van der Waals surface area (Å²) in [5.74, 6) is -0.408. The number of hydrogen-bond donors (Lipinski definition) is 2. The Hall–Kier alpha value is -2.51. The van der Waals surface area contributed by atoms with Crippen LogP contribution in [0.1, 0.15) is 39.0 Å². The number of aromatic nitrogens is 2. The summed E-state index contributed by atoms with van der Waals surface area (Å²) >= 11 is 1.55. The smallest absolute Gasteiger partial charge is 0.261 e. The number of nitrogens with two attached hydrogens (primary N) is 1. The molecule has 152 valence electrons. The summed E-state index contributed by atoms with van der Waals surface area (Å²) in [7, 11) is 0. The molecule has 1 aliphatic heterocycles. The predicted octanol–water partition coefficient (Wildman–Crippen LogP) is 3.56. The van der Waals surface area contributed by atoms with Crippen molar-refractivity contribution in [3.05, 3.63) is 63.2 Å². The number of benzene rings is 1. The Balaban J connectivity index is 1.55. The average molecular weight is 413 g/mol. The Morgan fingerprint density at radius 2 is 2.28 bits per heavy atom. The maximum atomic E-state index is 13.4. The minimum absolute atomic E-state index is 0.126. The molecule has 1 atom stereocenters. The van der Waals surface area contributed by atoms with E-state index in [0.29, 0.717) is 17.8 Å². The number of nitrogens with one attached hydrogen (secondary N) is 1. The number of aryl methyl sites for hydroxylation is 3. The molecule has 0 radical (unpaired) electrons. The zero-order valence-corrected chi connectivity index (χ0v) is 17.3. The van der Waals surface area contributed by atoms with E-state index >= 15 is 0 Å². The van der Waals surface area contributed by atoms with Crippen LogP contribution in [0.15, 0.2) is 36.5 Å². The monoisotopic (exact) mass is 412 g/mol. The van der Waals surface area contributed by atoms with E-state index in [4.69, 9.17) is 5.73 Å². The number of carbonyl (C=O) groups is 1. The van der Waals surface area contributed by atoms with Crippen LogP contribution in [0.2, 0.25) is 0 Å². The van der Waals surface area contributed by atoms with Crippen molar-refractivity contribution in [1.82, 2.24) is 15.1 Å². The molecule has 1 aliphatic rings. The number of hydrogen-bond acceptors (Lipinski definition) is 4. The number of carbonyl (C=O) groups excluding carboxylic acids is 1. The Labute approximate surface area is 173 Å². The molecule has 3 N–H and O–H groups in total. The molecule has 3 aromatic rings. The van der Waals surface area contributed by atoms with E-state index in [2.05, 4.69) is 22.0 Å². The molecule has 0 saturated heterocycles. The van der Waals surface area contributed by atoms with Gasteiger partial charge in [-0.2, -0.15) is 5.10 Å². The highest BCUT2D eigenvalue weighted by Gasteiger charge is 2.24. The third-order valence-corrected chi connectivity index (χ3v) is 6.54. The lowest BCUT2D eigenvalue weighted by Gasteiger charge is -2.16. The first-order chi connectivity index (χ1) is 14.1. The zero-order valence-electron chi connectivity index (χ0n) is 16.5. The molecular formula is C22H25FN4OS. The second kappa shape index (κ2) is 8.47. The molecular weight excluding hydrogens is 387 g/mol. The Morgan fingerprint density at radius 3 is 3.03 bits per heavy atom. The van der Waals surface area contributed by atoms with E-state index in [9.17, 15) is 9.18 Å². The van der Waals surface area contributed by atoms with Gasteiger partial charge < -0.3 is 11.1 Å². The van der Waals surface area contributed by atoms with Crippen molar-refractivity contribution in [1.29, 1.82) is 0 Å². The molecule has 1 unspecified atom stereocenters. The van der Waals surface area contributed by atoms with Crippen LogP contribution in [0, 0.1) is 5.82 Å². The average Bonchev–Trinajstić information content (AvgIpc) is 3.27. The number of nitrogens with zero attached hydrogens (tertiary/aromatic N) is 2. The second-order valence-corrected chi connectivity index (χ2v) is 8.52. The molecule has 7 heteroatoms. The van der Waals surface area contributed by atoms with Crippen LogP contribution in [0.3, 0.4) is 0 Å². The Morgan fingerprint density at radius 1 is 1.41 bits per heavy atom. The van der Waals surface area contributed by atoms with Gasteiger partial charge in [-0.1, -0.05) is 19.1 Å². The van der Waals surface area contributed by atoms with E-state index in [0.717, 1.165) is 42.6 Å². The zero-order chi connectivity index (χ0) is 20.4. The summed E-state index contributed by atoms with van der Waals surface area (Å²) in [6.45, 7) is 3.32. The summed E-state index contributed by atoms with van der Waals surface area (Å²) in [5.41, 5.74) is 10.2. The maximum absolute atomic E-state index is 13.4. The molecule has 4 rings (SSSR count). The fourth-order valence-corrected chi connectivity index (χ4v) is 4.98. The highest BCUT2D eigenvalue weighted by molar-refractivity contribution is 7.14. The molecule has 0 aliphatic carbocycles. The predicted molar refractivity (Wildman–Crippen MR) is 114 cm³/mol. The highest BCUT2D eigenvalue weighted by Crippen LogP contribution is 2.37. The van der Waals surface area contributed by atoms with Crippen LogP contribution in [-0.2, 0) is 25.8 Å². The largest absolute Gasteiger partial charge is 0.347 e. The van der Waals surface area contributed by atoms with Gasteiger partial charge in [-0.15, -0.1) is 11.3 Å². The summed E-state index contributed by atoms with van der Waals surface area (Å²) in [5, 5.41) is 7.55. The summed E-state index contributed by atoms with van der Waals surface area (Å²) in [6, 6.07) is 8.15. The number of thiophene rings is 1. The van der Waals surface area contributed by atoms with Gasteiger partial charge in [0, 0.05) is 29.6 Å². The molecule has 2 aromatic heterocycles. The standard InChI is InChI=1S/C22H25FN4OS/c1-2-15-13-25-27-8-4-7-19-18(21(15)27)11-20(29-19)22(28)26-17(12-24)10-14-5-3-6-16(23)9-14/h3,5-6,9,11,13,17H,2,4,7-8,10,12,24H2,1H3,(H,26,28). The first-order valence-electron chi connectivity index (χ1n) is 10.0. The van der Waals surface area contributed by atoms with Crippen molar-refractivity contribution in [3.63, 3.8) is 0 Å². The van der Waals surface area contributed by atoms with Crippen LogP contribution < -0.4 is 11.1 Å². The van der Waals surface area contributed by atoms with Crippen LogP contribution in [0.5, 0.6) is 0 Å². The van der Waals surface area contributed by atoms with Gasteiger partial charge in [0.1, 0.15) is 5.82 Å². The first kappa shape index (κ1) is 19.8. The number of fused-ring (bicyclic) bond motifs is 3. The fourth-order valence-electron chi connectivity index (χ4n) is 3.88. The molecule has 5 nitrogen and oxygen atoms in total. The van der Waals surface area contributed by atoms with Crippen molar-refractivity contribution in [3.8, 4) is 11.3 Å². The minimum atomic E-state index is -0.282. The number of amides is 1. The summed E-state index contributed by atoms with van der Waals surface area (Å²) in [4.78, 5) is 14.8.